The van der Waals surface area contributed by atoms with Crippen LogP contribution >= 0.6 is 0 Å². The second kappa shape index (κ2) is 7.52. The van der Waals surface area contributed by atoms with Crippen LogP contribution in [-0.2, 0) is 0 Å². The van der Waals surface area contributed by atoms with E-state index in [9.17, 15) is 0 Å². The molecule has 0 spiro atoms. The molecule has 0 heterocycles. The van der Waals surface area contributed by atoms with Gasteiger partial charge in [-0.3, -0.25) is 0 Å². The van der Waals surface area contributed by atoms with E-state index in [0.29, 0.717) is 5.92 Å². The van der Waals surface area contributed by atoms with Gasteiger partial charge in [-0.2, -0.15) is 0 Å². The summed E-state index contributed by atoms with van der Waals surface area (Å²) in [6.45, 7) is 11.9. The first-order valence-corrected chi connectivity index (χ1v) is 6.24. The van der Waals surface area contributed by atoms with Gasteiger partial charge < -0.3 is 5.32 Å². The van der Waals surface area contributed by atoms with Crippen LogP contribution in [0.15, 0.2) is 12.2 Å². The highest BCUT2D eigenvalue weighted by Crippen LogP contribution is 2.32. The van der Waals surface area contributed by atoms with Gasteiger partial charge in [0, 0.05) is 13.0 Å². The molecule has 2 atom stereocenters. The van der Waals surface area contributed by atoms with Crippen molar-refractivity contribution in [2.45, 2.75) is 46.5 Å². The molecule has 0 amide bonds. The second-order valence-corrected chi connectivity index (χ2v) is 5.24. The summed E-state index contributed by atoms with van der Waals surface area (Å²) in [5.41, 5.74) is 1.56. The van der Waals surface area contributed by atoms with E-state index >= 15 is 0 Å². The minimum absolute atomic E-state index is 0.194. The fourth-order valence-electron chi connectivity index (χ4n) is 2.33. The summed E-state index contributed by atoms with van der Waals surface area (Å²) in [7, 11) is 1.99. The maximum atomic E-state index is 5.46. The molecular weight excluding hydrogens is 194 g/mol. The molecule has 0 fully saturated rings. The molecule has 0 bridgehead atoms. The molecule has 1 N–H and O–H groups in total. The Hall–Kier alpha value is -0.740. The Kier molecular flexibility index (Phi) is 7.17. The highest BCUT2D eigenvalue weighted by Gasteiger charge is 2.25. The Morgan fingerprint density at radius 3 is 2.62 bits per heavy atom. The van der Waals surface area contributed by atoms with Gasteiger partial charge in [0.2, 0.25) is 0 Å². The molecule has 0 rings (SSSR count). The van der Waals surface area contributed by atoms with Crippen LogP contribution < -0.4 is 5.32 Å². The molecule has 1 heteroatoms. The minimum Gasteiger partial charge on any atom is -0.319 e. The third kappa shape index (κ3) is 5.37. The second-order valence-electron chi connectivity index (χ2n) is 5.24. The highest BCUT2D eigenvalue weighted by atomic mass is 14.8. The van der Waals surface area contributed by atoms with E-state index < -0.39 is 0 Å². The predicted molar refractivity (Wildman–Crippen MR) is 73.3 cm³/mol. The largest absolute Gasteiger partial charge is 0.319 e. The zero-order valence-corrected chi connectivity index (χ0v) is 11.4. The molecule has 92 valence electrons. The molecule has 0 aromatic carbocycles. The van der Waals surface area contributed by atoms with Gasteiger partial charge in [0.05, 0.1) is 0 Å². The number of terminal acetylenes is 1. The fourth-order valence-corrected chi connectivity index (χ4v) is 2.33. The maximum Gasteiger partial charge on any atom is 0.0152 e. The van der Waals surface area contributed by atoms with Gasteiger partial charge >= 0.3 is 0 Å². The summed E-state index contributed by atoms with van der Waals surface area (Å²) in [5.74, 6) is 3.36. The van der Waals surface area contributed by atoms with Crippen molar-refractivity contribution in [1.82, 2.24) is 5.32 Å². The number of hydrogen-bond donors (Lipinski definition) is 1. The summed E-state index contributed by atoms with van der Waals surface area (Å²) < 4.78 is 0. The fraction of sp³-hybridized carbons (Fsp3) is 0.733. The molecule has 0 aromatic rings. The van der Waals surface area contributed by atoms with E-state index in [-0.39, 0.29) is 5.41 Å². The SMILES string of the molecule is C#CCC(C)(CNC)CC(C)C(=C)CCC. The number of rotatable bonds is 8. The minimum atomic E-state index is 0.194. The van der Waals surface area contributed by atoms with Crippen molar-refractivity contribution in [3.05, 3.63) is 12.2 Å². The lowest BCUT2D eigenvalue weighted by Gasteiger charge is -2.31. The van der Waals surface area contributed by atoms with Crippen LogP contribution in [0.25, 0.3) is 0 Å². The van der Waals surface area contributed by atoms with E-state index in [1.165, 1.54) is 12.0 Å². The Balaban J connectivity index is 4.39. The van der Waals surface area contributed by atoms with Crippen LogP contribution in [0.4, 0.5) is 0 Å². The van der Waals surface area contributed by atoms with Crippen molar-refractivity contribution in [3.8, 4) is 12.3 Å². The monoisotopic (exact) mass is 221 g/mol. The van der Waals surface area contributed by atoms with Crippen molar-refractivity contribution >= 4 is 0 Å². The first-order valence-electron chi connectivity index (χ1n) is 6.24. The molecule has 0 aliphatic rings. The van der Waals surface area contributed by atoms with E-state index in [4.69, 9.17) is 6.42 Å². The van der Waals surface area contributed by atoms with Crippen LogP contribution in [0.3, 0.4) is 0 Å². The molecule has 0 aliphatic carbocycles. The molecule has 0 radical (unpaired) electrons. The van der Waals surface area contributed by atoms with Crippen molar-refractivity contribution in [2.24, 2.45) is 11.3 Å². The van der Waals surface area contributed by atoms with Crippen molar-refractivity contribution in [1.29, 1.82) is 0 Å². The Morgan fingerprint density at radius 1 is 1.56 bits per heavy atom. The van der Waals surface area contributed by atoms with Crippen LogP contribution in [-0.4, -0.2) is 13.6 Å². The van der Waals surface area contributed by atoms with Gasteiger partial charge in [0.1, 0.15) is 0 Å². The average molecular weight is 221 g/mol. The van der Waals surface area contributed by atoms with Gasteiger partial charge in [-0.15, -0.1) is 12.3 Å². The van der Waals surface area contributed by atoms with Crippen LogP contribution in [0.2, 0.25) is 0 Å². The number of hydrogen-bond acceptors (Lipinski definition) is 1. The maximum absolute atomic E-state index is 5.46. The Morgan fingerprint density at radius 2 is 2.19 bits per heavy atom. The number of allylic oxidation sites excluding steroid dienone is 1. The smallest absolute Gasteiger partial charge is 0.0152 e. The standard InChI is InChI=1S/C15H27N/c1-7-9-13(3)14(4)11-15(5,10-8-2)12-16-6/h2,14,16H,3,7,9-12H2,1,4-6H3. The van der Waals surface area contributed by atoms with Gasteiger partial charge in [-0.05, 0) is 31.2 Å². The first kappa shape index (κ1) is 15.3. The lowest BCUT2D eigenvalue weighted by atomic mass is 9.76. The molecule has 0 aliphatic heterocycles. The molecule has 16 heavy (non-hydrogen) atoms. The van der Waals surface area contributed by atoms with Crippen LogP contribution in [0.1, 0.15) is 46.5 Å². The molecular formula is C15H27N. The quantitative estimate of drug-likeness (QED) is 0.487. The van der Waals surface area contributed by atoms with Crippen LogP contribution in [0.5, 0.6) is 0 Å². The lowest BCUT2D eigenvalue weighted by Crippen LogP contribution is -2.31. The molecule has 2 unspecified atom stereocenters. The van der Waals surface area contributed by atoms with Gasteiger partial charge in [0.15, 0.2) is 0 Å². The summed E-state index contributed by atoms with van der Waals surface area (Å²) in [5, 5.41) is 3.24. The lowest BCUT2D eigenvalue weighted by molar-refractivity contribution is 0.261. The summed E-state index contributed by atoms with van der Waals surface area (Å²) >= 11 is 0. The third-order valence-corrected chi connectivity index (χ3v) is 3.20. The van der Waals surface area contributed by atoms with Crippen molar-refractivity contribution in [2.75, 3.05) is 13.6 Å². The highest BCUT2D eigenvalue weighted by molar-refractivity contribution is 5.03. The predicted octanol–water partition coefficient (Wildman–Crippen LogP) is 3.62. The van der Waals surface area contributed by atoms with Crippen molar-refractivity contribution in [3.63, 3.8) is 0 Å². The van der Waals surface area contributed by atoms with Crippen molar-refractivity contribution < 1.29 is 0 Å². The third-order valence-electron chi connectivity index (χ3n) is 3.20. The van der Waals surface area contributed by atoms with Crippen LogP contribution in [0, 0.1) is 23.7 Å². The van der Waals surface area contributed by atoms with E-state index in [0.717, 1.165) is 25.8 Å². The molecule has 0 saturated carbocycles. The normalized spacial score (nSPS) is 16.2. The molecule has 0 saturated heterocycles. The first-order chi connectivity index (χ1) is 7.49. The van der Waals surface area contributed by atoms with Gasteiger partial charge in [0.25, 0.3) is 0 Å². The van der Waals surface area contributed by atoms with Gasteiger partial charge in [-0.25, -0.2) is 0 Å². The van der Waals surface area contributed by atoms with E-state index in [1.807, 2.05) is 7.05 Å². The summed E-state index contributed by atoms with van der Waals surface area (Å²) in [6, 6.07) is 0. The number of nitrogens with one attached hydrogen (secondary N) is 1. The average Bonchev–Trinajstić information content (AvgIpc) is 2.18. The Bertz CT molecular complexity index is 249. The van der Waals surface area contributed by atoms with E-state index in [1.54, 1.807) is 0 Å². The zero-order valence-electron chi connectivity index (χ0n) is 11.4. The molecule has 1 nitrogen and oxygen atoms in total. The summed E-state index contributed by atoms with van der Waals surface area (Å²) in [6.07, 6.45) is 9.72. The zero-order chi connectivity index (χ0) is 12.6. The van der Waals surface area contributed by atoms with Gasteiger partial charge in [-0.1, -0.05) is 39.3 Å². The Labute approximate surface area is 102 Å². The molecule has 0 aromatic heterocycles. The summed E-state index contributed by atoms with van der Waals surface area (Å²) in [4.78, 5) is 0. The van der Waals surface area contributed by atoms with E-state index in [2.05, 4.69) is 38.6 Å². The topological polar surface area (TPSA) is 12.0 Å².